The lowest BCUT2D eigenvalue weighted by Gasteiger charge is -2.22. The summed E-state index contributed by atoms with van der Waals surface area (Å²) in [6.07, 6.45) is 1.71. The lowest BCUT2D eigenvalue weighted by Crippen LogP contribution is -2.32. The van der Waals surface area contributed by atoms with Crippen molar-refractivity contribution in [2.24, 2.45) is 7.05 Å². The van der Waals surface area contributed by atoms with E-state index in [0.717, 1.165) is 24.3 Å². The molecule has 0 bridgehead atoms. The van der Waals surface area contributed by atoms with Gasteiger partial charge in [-0.3, -0.25) is 9.48 Å². The van der Waals surface area contributed by atoms with Crippen molar-refractivity contribution in [3.63, 3.8) is 0 Å². The molecule has 1 amide bonds. The van der Waals surface area contributed by atoms with Crippen LogP contribution in [0.4, 0.5) is 0 Å². The number of amides is 1. The SMILES string of the molecule is Cc1ccc(OCc2nc(C3CCCN3C(=O)c3cc(C)nn3C)no2)cc1. The average molecular weight is 381 g/mol. The molecule has 146 valence electrons. The minimum absolute atomic E-state index is 0.0622. The van der Waals surface area contributed by atoms with Crippen LogP contribution in [0.2, 0.25) is 0 Å². The van der Waals surface area contributed by atoms with E-state index < -0.39 is 0 Å². The highest BCUT2D eigenvalue weighted by molar-refractivity contribution is 5.93. The summed E-state index contributed by atoms with van der Waals surface area (Å²) in [6, 6.07) is 9.38. The molecule has 1 aliphatic rings. The first kappa shape index (κ1) is 18.2. The van der Waals surface area contributed by atoms with Crippen LogP contribution in [0.1, 0.15) is 52.3 Å². The highest BCUT2D eigenvalue weighted by Gasteiger charge is 2.35. The van der Waals surface area contributed by atoms with E-state index in [1.165, 1.54) is 5.56 Å². The molecule has 1 aliphatic heterocycles. The summed E-state index contributed by atoms with van der Waals surface area (Å²) >= 11 is 0. The normalized spacial score (nSPS) is 16.5. The summed E-state index contributed by atoms with van der Waals surface area (Å²) in [4.78, 5) is 19.2. The fourth-order valence-corrected chi connectivity index (χ4v) is 3.48. The van der Waals surface area contributed by atoms with Crippen molar-refractivity contribution in [3.8, 4) is 5.75 Å². The zero-order valence-corrected chi connectivity index (χ0v) is 16.3. The summed E-state index contributed by atoms with van der Waals surface area (Å²) in [7, 11) is 1.78. The molecule has 28 heavy (non-hydrogen) atoms. The number of nitrogens with zero attached hydrogens (tertiary/aromatic N) is 5. The summed E-state index contributed by atoms with van der Waals surface area (Å²) in [5, 5.41) is 8.36. The predicted octanol–water partition coefficient (Wildman–Crippen LogP) is 2.98. The monoisotopic (exact) mass is 381 g/mol. The molecule has 4 rings (SSSR count). The summed E-state index contributed by atoms with van der Waals surface area (Å²) in [5.41, 5.74) is 2.55. The Morgan fingerprint density at radius 3 is 2.79 bits per heavy atom. The van der Waals surface area contributed by atoms with Gasteiger partial charge in [-0.1, -0.05) is 22.9 Å². The van der Waals surface area contributed by atoms with Crippen molar-refractivity contribution in [1.82, 2.24) is 24.8 Å². The van der Waals surface area contributed by atoms with E-state index in [2.05, 4.69) is 15.2 Å². The Labute approximate surface area is 163 Å². The molecule has 1 fully saturated rings. The molecule has 1 atom stereocenters. The van der Waals surface area contributed by atoms with Crippen molar-refractivity contribution in [2.75, 3.05) is 6.54 Å². The third-order valence-corrected chi connectivity index (χ3v) is 4.90. The molecule has 0 radical (unpaired) electrons. The molecule has 1 saturated heterocycles. The van der Waals surface area contributed by atoms with Crippen LogP contribution in [0.15, 0.2) is 34.9 Å². The summed E-state index contributed by atoms with van der Waals surface area (Å²) < 4.78 is 12.7. The minimum Gasteiger partial charge on any atom is -0.484 e. The van der Waals surface area contributed by atoms with Crippen LogP contribution in [-0.2, 0) is 13.7 Å². The predicted molar refractivity (Wildman–Crippen MR) is 101 cm³/mol. The molecule has 2 aromatic heterocycles. The lowest BCUT2D eigenvalue weighted by molar-refractivity contribution is 0.0717. The first-order valence-corrected chi connectivity index (χ1v) is 9.35. The average Bonchev–Trinajstić information content (AvgIpc) is 3.40. The summed E-state index contributed by atoms with van der Waals surface area (Å²) in [6.45, 7) is 4.75. The number of benzene rings is 1. The largest absolute Gasteiger partial charge is 0.484 e. The van der Waals surface area contributed by atoms with Gasteiger partial charge in [0.2, 0.25) is 0 Å². The molecule has 0 N–H and O–H groups in total. The van der Waals surface area contributed by atoms with E-state index in [4.69, 9.17) is 9.26 Å². The Morgan fingerprint density at radius 2 is 2.07 bits per heavy atom. The van der Waals surface area contributed by atoms with Crippen molar-refractivity contribution < 1.29 is 14.1 Å². The second-order valence-corrected chi connectivity index (χ2v) is 7.10. The summed E-state index contributed by atoms with van der Waals surface area (Å²) in [5.74, 6) is 1.60. The Bertz CT molecular complexity index is 976. The van der Waals surface area contributed by atoms with Crippen molar-refractivity contribution >= 4 is 5.91 Å². The van der Waals surface area contributed by atoms with Crippen LogP contribution in [0.5, 0.6) is 5.75 Å². The zero-order valence-electron chi connectivity index (χ0n) is 16.3. The van der Waals surface area contributed by atoms with Gasteiger partial charge in [-0.2, -0.15) is 10.1 Å². The molecule has 3 heterocycles. The van der Waals surface area contributed by atoms with Gasteiger partial charge < -0.3 is 14.2 Å². The smallest absolute Gasteiger partial charge is 0.272 e. The van der Waals surface area contributed by atoms with Crippen LogP contribution in [0, 0.1) is 13.8 Å². The number of aryl methyl sites for hydroxylation is 3. The van der Waals surface area contributed by atoms with Gasteiger partial charge in [0.25, 0.3) is 11.8 Å². The molecular weight excluding hydrogens is 358 g/mol. The molecular formula is C20H23N5O3. The van der Waals surface area contributed by atoms with E-state index in [0.29, 0.717) is 24.0 Å². The topological polar surface area (TPSA) is 86.3 Å². The number of aromatic nitrogens is 4. The number of hydrogen-bond acceptors (Lipinski definition) is 6. The zero-order chi connectivity index (χ0) is 19.7. The van der Waals surface area contributed by atoms with Gasteiger partial charge in [-0.15, -0.1) is 0 Å². The first-order chi connectivity index (χ1) is 13.5. The van der Waals surface area contributed by atoms with Crippen LogP contribution >= 0.6 is 0 Å². The maximum absolute atomic E-state index is 13.0. The number of rotatable bonds is 5. The third kappa shape index (κ3) is 3.62. The first-order valence-electron chi connectivity index (χ1n) is 9.35. The van der Waals surface area contributed by atoms with E-state index in [-0.39, 0.29) is 18.6 Å². The minimum atomic E-state index is -0.195. The van der Waals surface area contributed by atoms with Crippen LogP contribution in [0.3, 0.4) is 0 Å². The highest BCUT2D eigenvalue weighted by Crippen LogP contribution is 2.31. The number of hydrogen-bond donors (Lipinski definition) is 0. The van der Waals surface area contributed by atoms with Gasteiger partial charge in [0.1, 0.15) is 11.4 Å². The van der Waals surface area contributed by atoms with Crippen LogP contribution in [0.25, 0.3) is 0 Å². The Morgan fingerprint density at radius 1 is 1.29 bits per heavy atom. The Kier molecular flexibility index (Phi) is 4.85. The number of carbonyl (C=O) groups excluding carboxylic acids is 1. The number of likely N-dealkylation sites (tertiary alicyclic amines) is 1. The van der Waals surface area contributed by atoms with Gasteiger partial charge in [-0.05, 0) is 44.9 Å². The van der Waals surface area contributed by atoms with E-state index in [1.54, 1.807) is 22.7 Å². The number of ether oxygens (including phenoxy) is 1. The van der Waals surface area contributed by atoms with Crippen LogP contribution < -0.4 is 4.74 Å². The van der Waals surface area contributed by atoms with Gasteiger partial charge in [0.15, 0.2) is 12.4 Å². The molecule has 0 saturated carbocycles. The quantitative estimate of drug-likeness (QED) is 0.675. The second kappa shape index (κ2) is 7.46. The van der Waals surface area contributed by atoms with E-state index >= 15 is 0 Å². The molecule has 3 aromatic rings. The molecule has 8 nitrogen and oxygen atoms in total. The molecule has 0 spiro atoms. The van der Waals surface area contributed by atoms with Crippen molar-refractivity contribution in [3.05, 3.63) is 59.0 Å². The fraction of sp³-hybridized carbons (Fsp3) is 0.400. The van der Waals surface area contributed by atoms with Crippen molar-refractivity contribution in [2.45, 2.75) is 39.3 Å². The fourth-order valence-electron chi connectivity index (χ4n) is 3.48. The Balaban J connectivity index is 1.45. The third-order valence-electron chi connectivity index (χ3n) is 4.90. The molecule has 1 aromatic carbocycles. The molecule has 1 unspecified atom stereocenters. The van der Waals surface area contributed by atoms with Gasteiger partial charge in [0.05, 0.1) is 11.7 Å². The van der Waals surface area contributed by atoms with Crippen molar-refractivity contribution in [1.29, 1.82) is 0 Å². The number of carbonyl (C=O) groups is 1. The van der Waals surface area contributed by atoms with Gasteiger partial charge in [0, 0.05) is 13.6 Å². The Hall–Kier alpha value is -3.16. The van der Waals surface area contributed by atoms with E-state index in [1.807, 2.05) is 38.1 Å². The highest BCUT2D eigenvalue weighted by atomic mass is 16.5. The van der Waals surface area contributed by atoms with E-state index in [9.17, 15) is 4.79 Å². The maximum atomic E-state index is 13.0. The van der Waals surface area contributed by atoms with Gasteiger partial charge in [-0.25, -0.2) is 0 Å². The second-order valence-electron chi connectivity index (χ2n) is 7.10. The molecule has 0 aliphatic carbocycles. The lowest BCUT2D eigenvalue weighted by atomic mass is 10.2. The van der Waals surface area contributed by atoms with Gasteiger partial charge >= 0.3 is 0 Å². The standard InChI is InChI=1S/C20H23N5O3/c1-13-6-8-15(9-7-13)27-12-18-21-19(23-28-18)16-5-4-10-25(16)20(26)17-11-14(2)22-24(17)3/h6-9,11,16H,4-5,10,12H2,1-3H3. The maximum Gasteiger partial charge on any atom is 0.272 e. The van der Waals surface area contributed by atoms with Crippen LogP contribution in [-0.4, -0.2) is 37.3 Å². The molecule has 8 heteroatoms.